The third kappa shape index (κ3) is 6.54. The quantitative estimate of drug-likeness (QED) is 0.344. The van der Waals surface area contributed by atoms with Gasteiger partial charge in [0.25, 0.3) is 0 Å². The van der Waals surface area contributed by atoms with Crippen LogP contribution in [0.2, 0.25) is 0 Å². The van der Waals surface area contributed by atoms with Gasteiger partial charge in [0, 0.05) is 12.1 Å². The van der Waals surface area contributed by atoms with E-state index in [1.165, 1.54) is 7.11 Å². The maximum atomic E-state index is 14.1. The number of hydrogen-bond acceptors (Lipinski definition) is 6. The normalized spacial score (nSPS) is 12.2. The topological polar surface area (TPSA) is 98.6 Å². The lowest BCUT2D eigenvalue weighted by Gasteiger charge is -2.34. The molecule has 0 fully saturated rings. The number of rotatable bonds is 9. The monoisotopic (exact) mass is 529 g/mol. The first-order chi connectivity index (χ1) is 18.6. The molecule has 204 valence electrons. The van der Waals surface area contributed by atoms with Crippen LogP contribution in [0, 0.1) is 6.92 Å². The van der Waals surface area contributed by atoms with E-state index in [1.807, 2.05) is 76.2 Å². The molecule has 39 heavy (non-hydrogen) atoms. The van der Waals surface area contributed by atoms with Crippen molar-refractivity contribution in [2.24, 2.45) is 0 Å². The number of amides is 2. The second kappa shape index (κ2) is 11.6. The average molecular weight is 530 g/mol. The Bertz CT molecular complexity index is 1460. The first-order valence-corrected chi connectivity index (χ1v) is 12.8. The standard InChI is InChI=1S/C30H35N5O4/c1-20-11-13-21(14-12-20)18-34(27(36)19-35-24-10-8-7-9-23(24)32-33-35)28(29(37)31-30(2,3)4)22-15-16-25(38-5)26(17-22)39-6/h7-17,28H,18-19H2,1-6H3,(H,31,37)/t28-/m1/s1. The van der Waals surface area contributed by atoms with Crippen LogP contribution in [0.5, 0.6) is 11.5 Å². The van der Waals surface area contributed by atoms with E-state index >= 15 is 0 Å². The molecule has 1 aromatic heterocycles. The lowest BCUT2D eigenvalue weighted by molar-refractivity contribution is -0.142. The molecule has 0 bridgehead atoms. The Balaban J connectivity index is 1.81. The molecule has 0 saturated carbocycles. The molecule has 2 amide bonds. The van der Waals surface area contributed by atoms with Gasteiger partial charge in [-0.2, -0.15) is 0 Å². The third-order valence-corrected chi connectivity index (χ3v) is 6.28. The summed E-state index contributed by atoms with van der Waals surface area (Å²) in [6.07, 6.45) is 0. The van der Waals surface area contributed by atoms with Gasteiger partial charge in [-0.05, 0) is 63.1 Å². The van der Waals surface area contributed by atoms with Crippen molar-refractivity contribution in [3.63, 3.8) is 0 Å². The summed E-state index contributed by atoms with van der Waals surface area (Å²) in [6, 6.07) is 19.7. The zero-order valence-corrected chi connectivity index (χ0v) is 23.3. The van der Waals surface area contributed by atoms with Crippen LogP contribution >= 0.6 is 0 Å². The number of benzene rings is 3. The lowest BCUT2D eigenvalue weighted by Crippen LogP contribution is -2.49. The van der Waals surface area contributed by atoms with Crippen molar-refractivity contribution in [1.82, 2.24) is 25.2 Å². The minimum Gasteiger partial charge on any atom is -0.493 e. The molecule has 0 aliphatic rings. The lowest BCUT2D eigenvalue weighted by atomic mass is 10.00. The number of nitrogens with one attached hydrogen (secondary N) is 1. The maximum Gasteiger partial charge on any atom is 0.247 e. The SMILES string of the molecule is COc1ccc([C@H](C(=O)NC(C)(C)C)N(Cc2ccc(C)cc2)C(=O)Cn2nnc3ccccc32)cc1OC. The van der Waals surface area contributed by atoms with Crippen molar-refractivity contribution in [2.45, 2.75) is 52.4 Å². The summed E-state index contributed by atoms with van der Waals surface area (Å²) in [6.45, 7) is 7.85. The van der Waals surface area contributed by atoms with E-state index in [9.17, 15) is 9.59 Å². The number of hydrogen-bond donors (Lipinski definition) is 1. The fourth-order valence-corrected chi connectivity index (χ4v) is 4.40. The van der Waals surface area contributed by atoms with E-state index in [2.05, 4.69) is 15.6 Å². The van der Waals surface area contributed by atoms with Crippen LogP contribution in [0.15, 0.2) is 66.7 Å². The van der Waals surface area contributed by atoms with Gasteiger partial charge in [-0.3, -0.25) is 9.59 Å². The largest absolute Gasteiger partial charge is 0.493 e. The van der Waals surface area contributed by atoms with Crippen LogP contribution < -0.4 is 14.8 Å². The molecule has 1 atom stereocenters. The molecule has 0 aliphatic carbocycles. The van der Waals surface area contributed by atoms with E-state index < -0.39 is 11.6 Å². The van der Waals surface area contributed by atoms with Crippen molar-refractivity contribution >= 4 is 22.8 Å². The molecule has 1 N–H and O–H groups in total. The number of methoxy groups -OCH3 is 2. The fraction of sp³-hybridized carbons (Fsp3) is 0.333. The summed E-state index contributed by atoms with van der Waals surface area (Å²) in [7, 11) is 3.09. The zero-order valence-electron chi connectivity index (χ0n) is 23.3. The van der Waals surface area contributed by atoms with E-state index in [4.69, 9.17) is 9.47 Å². The summed E-state index contributed by atoms with van der Waals surface area (Å²) in [5, 5.41) is 11.5. The first kappa shape index (κ1) is 27.6. The van der Waals surface area contributed by atoms with Crippen LogP contribution in [0.1, 0.15) is 43.5 Å². The molecule has 4 rings (SSSR count). The highest BCUT2D eigenvalue weighted by molar-refractivity contribution is 5.89. The molecule has 0 radical (unpaired) electrons. The van der Waals surface area contributed by atoms with Gasteiger partial charge < -0.3 is 19.7 Å². The van der Waals surface area contributed by atoms with E-state index in [-0.39, 0.29) is 24.9 Å². The summed E-state index contributed by atoms with van der Waals surface area (Å²) >= 11 is 0. The van der Waals surface area contributed by atoms with Crippen LogP contribution in [-0.4, -0.2) is 51.5 Å². The number of fused-ring (bicyclic) bond motifs is 1. The van der Waals surface area contributed by atoms with Gasteiger partial charge in [-0.1, -0.05) is 53.2 Å². The molecule has 4 aromatic rings. The molecule has 0 spiro atoms. The molecule has 0 aliphatic heterocycles. The minimum absolute atomic E-state index is 0.0844. The second-order valence-electron chi connectivity index (χ2n) is 10.5. The molecule has 9 heteroatoms. The van der Waals surface area contributed by atoms with Crippen molar-refractivity contribution in [3.05, 3.63) is 83.4 Å². The third-order valence-electron chi connectivity index (χ3n) is 6.28. The molecular weight excluding hydrogens is 494 g/mol. The number of aromatic nitrogens is 3. The number of para-hydroxylation sites is 1. The molecular formula is C30H35N5O4. The number of aryl methyl sites for hydroxylation is 1. The fourth-order valence-electron chi connectivity index (χ4n) is 4.40. The molecule has 3 aromatic carbocycles. The highest BCUT2D eigenvalue weighted by Gasteiger charge is 2.34. The minimum atomic E-state index is -0.951. The predicted octanol–water partition coefficient (Wildman–Crippen LogP) is 4.44. The smallest absolute Gasteiger partial charge is 0.247 e. The van der Waals surface area contributed by atoms with Crippen molar-refractivity contribution in [2.75, 3.05) is 14.2 Å². The van der Waals surface area contributed by atoms with Crippen LogP contribution in [0.3, 0.4) is 0 Å². The van der Waals surface area contributed by atoms with E-state index in [1.54, 1.807) is 34.9 Å². The first-order valence-electron chi connectivity index (χ1n) is 12.8. The van der Waals surface area contributed by atoms with Crippen LogP contribution in [-0.2, 0) is 22.7 Å². The summed E-state index contributed by atoms with van der Waals surface area (Å²) < 4.78 is 12.5. The number of nitrogens with zero attached hydrogens (tertiary/aromatic N) is 4. The Kier molecular flexibility index (Phi) is 8.18. The Morgan fingerprint density at radius 1 is 0.974 bits per heavy atom. The Hall–Kier alpha value is -4.40. The average Bonchev–Trinajstić information content (AvgIpc) is 3.31. The molecule has 9 nitrogen and oxygen atoms in total. The van der Waals surface area contributed by atoms with Gasteiger partial charge in [0.05, 0.1) is 19.7 Å². The Labute approximate surface area is 228 Å². The van der Waals surface area contributed by atoms with Crippen molar-refractivity contribution < 1.29 is 19.1 Å². The van der Waals surface area contributed by atoms with Crippen molar-refractivity contribution in [1.29, 1.82) is 0 Å². The zero-order chi connectivity index (χ0) is 28.2. The van der Waals surface area contributed by atoms with Gasteiger partial charge >= 0.3 is 0 Å². The summed E-state index contributed by atoms with van der Waals surface area (Å²) in [5.74, 6) is 0.406. The Morgan fingerprint density at radius 3 is 2.33 bits per heavy atom. The number of carbonyl (C=O) groups excluding carboxylic acids is 2. The van der Waals surface area contributed by atoms with Crippen LogP contribution in [0.4, 0.5) is 0 Å². The molecule has 0 unspecified atom stereocenters. The van der Waals surface area contributed by atoms with E-state index in [0.717, 1.165) is 16.6 Å². The summed E-state index contributed by atoms with van der Waals surface area (Å²) in [4.78, 5) is 29.6. The predicted molar refractivity (Wildman–Crippen MR) is 149 cm³/mol. The maximum absolute atomic E-state index is 14.1. The van der Waals surface area contributed by atoms with Gasteiger partial charge in [0.1, 0.15) is 18.1 Å². The summed E-state index contributed by atoms with van der Waals surface area (Å²) in [5.41, 5.74) is 3.50. The van der Waals surface area contributed by atoms with Gasteiger partial charge in [-0.25, -0.2) is 4.68 Å². The van der Waals surface area contributed by atoms with Gasteiger partial charge in [0.2, 0.25) is 11.8 Å². The van der Waals surface area contributed by atoms with Gasteiger partial charge in [-0.15, -0.1) is 5.10 Å². The second-order valence-corrected chi connectivity index (χ2v) is 10.5. The highest BCUT2D eigenvalue weighted by atomic mass is 16.5. The van der Waals surface area contributed by atoms with Crippen molar-refractivity contribution in [3.8, 4) is 11.5 Å². The van der Waals surface area contributed by atoms with E-state index in [0.29, 0.717) is 22.6 Å². The number of carbonyl (C=O) groups is 2. The Morgan fingerprint density at radius 2 is 1.67 bits per heavy atom. The molecule has 0 saturated heterocycles. The van der Waals surface area contributed by atoms with Gasteiger partial charge in [0.15, 0.2) is 11.5 Å². The highest BCUT2D eigenvalue weighted by Crippen LogP contribution is 2.33. The van der Waals surface area contributed by atoms with Crippen LogP contribution in [0.25, 0.3) is 11.0 Å². The number of ether oxygens (including phenoxy) is 2. The molecule has 1 heterocycles.